The molecule has 29 heavy (non-hydrogen) atoms. The molecule has 1 atom stereocenters. The Balaban J connectivity index is 1.45. The monoisotopic (exact) mass is 471 g/mol. The highest BCUT2D eigenvalue weighted by molar-refractivity contribution is 9.10. The van der Waals surface area contributed by atoms with E-state index in [9.17, 15) is 9.59 Å². The molecule has 1 aliphatic rings. The van der Waals surface area contributed by atoms with Crippen LogP contribution in [0.4, 0.5) is 10.8 Å². The number of halogens is 1. The van der Waals surface area contributed by atoms with Gasteiger partial charge in [0.2, 0.25) is 5.91 Å². The third kappa shape index (κ3) is 4.33. The summed E-state index contributed by atoms with van der Waals surface area (Å²) in [7, 11) is 1.58. The number of nitrogens with zero attached hydrogens (tertiary/aromatic N) is 1. The first-order chi connectivity index (χ1) is 14.0. The van der Waals surface area contributed by atoms with Gasteiger partial charge in [0.25, 0.3) is 5.91 Å². The van der Waals surface area contributed by atoms with Crippen LogP contribution in [0.25, 0.3) is 0 Å². The predicted molar refractivity (Wildman–Crippen MR) is 117 cm³/mol. The summed E-state index contributed by atoms with van der Waals surface area (Å²) in [5.41, 5.74) is 2.01. The molecule has 3 aromatic rings. The normalized spacial score (nSPS) is 14.9. The lowest BCUT2D eigenvalue weighted by molar-refractivity contribution is -0.117. The molecule has 0 radical (unpaired) electrons. The van der Waals surface area contributed by atoms with Crippen LogP contribution in [0.3, 0.4) is 0 Å². The Labute approximate surface area is 180 Å². The predicted octanol–water partition coefficient (Wildman–Crippen LogP) is 4.84. The first-order valence-electron chi connectivity index (χ1n) is 9.05. The summed E-state index contributed by atoms with van der Waals surface area (Å²) in [5.74, 6) is 0.0522. The van der Waals surface area contributed by atoms with E-state index >= 15 is 0 Å². The Morgan fingerprint density at radius 2 is 1.97 bits per heavy atom. The number of hydrogen-bond acceptors (Lipinski definition) is 5. The molecule has 4 rings (SSSR count). The standard InChI is InChI=1S/C21H18BrN3O3S/c1-28-15-7-5-12(6-8-15)19(26)25-21-24-18-16(9-10-17(18)29-21)20(27)23-14-4-2-3-13(22)11-14/h2-8,11,16H,9-10H2,1H3,(H,23,27)(H,24,25,26). The van der Waals surface area contributed by atoms with E-state index in [1.54, 1.807) is 31.4 Å². The van der Waals surface area contributed by atoms with Gasteiger partial charge in [-0.05, 0) is 55.3 Å². The molecular formula is C21H18BrN3O3S. The molecule has 2 N–H and O–H groups in total. The van der Waals surface area contributed by atoms with Gasteiger partial charge in [-0.3, -0.25) is 14.9 Å². The molecule has 1 heterocycles. The van der Waals surface area contributed by atoms with Crippen molar-refractivity contribution in [1.82, 2.24) is 4.98 Å². The van der Waals surface area contributed by atoms with Gasteiger partial charge in [-0.2, -0.15) is 0 Å². The number of thiazole rings is 1. The van der Waals surface area contributed by atoms with Crippen LogP contribution in [0.15, 0.2) is 53.0 Å². The van der Waals surface area contributed by atoms with Crippen LogP contribution in [-0.2, 0) is 11.2 Å². The topological polar surface area (TPSA) is 80.3 Å². The van der Waals surface area contributed by atoms with Gasteiger partial charge in [-0.25, -0.2) is 4.98 Å². The Hall–Kier alpha value is -2.71. The second-order valence-corrected chi connectivity index (χ2v) is 8.60. The van der Waals surface area contributed by atoms with Gasteiger partial charge in [0.15, 0.2) is 5.13 Å². The first-order valence-corrected chi connectivity index (χ1v) is 10.7. The fourth-order valence-corrected chi connectivity index (χ4v) is 4.68. The highest BCUT2D eigenvalue weighted by Crippen LogP contribution is 2.39. The molecule has 2 amide bonds. The Morgan fingerprint density at radius 1 is 1.17 bits per heavy atom. The maximum Gasteiger partial charge on any atom is 0.257 e. The SMILES string of the molecule is COc1ccc(C(=O)Nc2nc3c(s2)CCC3C(=O)Nc2cccc(Br)c2)cc1. The molecule has 148 valence electrons. The summed E-state index contributed by atoms with van der Waals surface area (Å²) in [4.78, 5) is 30.8. The zero-order valence-electron chi connectivity index (χ0n) is 15.6. The molecule has 8 heteroatoms. The van der Waals surface area contributed by atoms with Crippen molar-refractivity contribution in [1.29, 1.82) is 0 Å². The number of rotatable bonds is 5. The lowest BCUT2D eigenvalue weighted by Crippen LogP contribution is -2.20. The molecule has 0 bridgehead atoms. The minimum atomic E-state index is -0.313. The second-order valence-electron chi connectivity index (χ2n) is 6.60. The zero-order valence-corrected chi connectivity index (χ0v) is 18.0. The number of aromatic nitrogens is 1. The van der Waals surface area contributed by atoms with Gasteiger partial charge >= 0.3 is 0 Å². The van der Waals surface area contributed by atoms with Gasteiger partial charge in [-0.1, -0.05) is 22.0 Å². The number of hydrogen-bond donors (Lipinski definition) is 2. The number of carbonyl (C=O) groups is 2. The molecule has 1 unspecified atom stereocenters. The summed E-state index contributed by atoms with van der Waals surface area (Å²) in [6.07, 6.45) is 1.50. The first kappa shape index (κ1) is 19.6. The molecule has 0 saturated carbocycles. The Morgan fingerprint density at radius 3 is 2.69 bits per heavy atom. The number of aryl methyl sites for hydroxylation is 1. The van der Waals surface area contributed by atoms with E-state index < -0.39 is 0 Å². The average Bonchev–Trinajstić information content (AvgIpc) is 3.28. The third-order valence-corrected chi connectivity index (χ3v) is 6.24. The molecule has 6 nitrogen and oxygen atoms in total. The van der Waals surface area contributed by atoms with E-state index in [4.69, 9.17) is 4.74 Å². The summed E-state index contributed by atoms with van der Waals surface area (Å²) in [5, 5.41) is 6.29. The van der Waals surface area contributed by atoms with E-state index in [0.29, 0.717) is 16.4 Å². The van der Waals surface area contributed by atoms with Gasteiger partial charge in [0, 0.05) is 20.6 Å². The van der Waals surface area contributed by atoms with Crippen molar-refractivity contribution in [2.75, 3.05) is 17.7 Å². The smallest absolute Gasteiger partial charge is 0.257 e. The maximum atomic E-state index is 12.7. The number of ether oxygens (including phenoxy) is 1. The van der Waals surface area contributed by atoms with E-state index in [1.807, 2.05) is 24.3 Å². The maximum absolute atomic E-state index is 12.7. The van der Waals surface area contributed by atoms with Crippen molar-refractivity contribution < 1.29 is 14.3 Å². The van der Waals surface area contributed by atoms with Gasteiger partial charge in [-0.15, -0.1) is 11.3 Å². The van der Waals surface area contributed by atoms with E-state index in [-0.39, 0.29) is 17.7 Å². The molecule has 0 aliphatic heterocycles. The number of methoxy groups -OCH3 is 1. The van der Waals surface area contributed by atoms with Gasteiger partial charge < -0.3 is 10.1 Å². The van der Waals surface area contributed by atoms with Crippen molar-refractivity contribution in [2.24, 2.45) is 0 Å². The molecule has 1 aromatic heterocycles. The number of fused-ring (bicyclic) bond motifs is 1. The van der Waals surface area contributed by atoms with Crippen molar-refractivity contribution in [3.63, 3.8) is 0 Å². The van der Waals surface area contributed by atoms with E-state index in [1.165, 1.54) is 11.3 Å². The molecular weight excluding hydrogens is 454 g/mol. The Bertz CT molecular complexity index is 1070. The number of amides is 2. The molecule has 0 spiro atoms. The van der Waals surface area contributed by atoms with E-state index in [2.05, 4.69) is 31.5 Å². The molecule has 2 aromatic carbocycles. The highest BCUT2D eigenvalue weighted by atomic mass is 79.9. The van der Waals surface area contributed by atoms with E-state index in [0.717, 1.165) is 33.6 Å². The summed E-state index contributed by atoms with van der Waals surface area (Å²) < 4.78 is 6.01. The molecule has 0 saturated heterocycles. The summed E-state index contributed by atoms with van der Waals surface area (Å²) >= 11 is 4.83. The van der Waals surface area contributed by atoms with Crippen LogP contribution in [0.5, 0.6) is 5.75 Å². The third-order valence-electron chi connectivity index (χ3n) is 4.70. The minimum Gasteiger partial charge on any atom is -0.497 e. The van der Waals surface area contributed by atoms with Crippen LogP contribution < -0.4 is 15.4 Å². The highest BCUT2D eigenvalue weighted by Gasteiger charge is 2.33. The number of benzene rings is 2. The quantitative estimate of drug-likeness (QED) is 0.557. The van der Waals surface area contributed by atoms with Crippen molar-refractivity contribution in [2.45, 2.75) is 18.8 Å². The zero-order chi connectivity index (χ0) is 20.4. The second kappa shape index (κ2) is 8.34. The van der Waals surface area contributed by atoms with Crippen LogP contribution in [0, 0.1) is 0 Å². The van der Waals surface area contributed by atoms with Crippen LogP contribution in [-0.4, -0.2) is 23.9 Å². The van der Waals surface area contributed by atoms with Gasteiger partial charge in [0.1, 0.15) is 5.75 Å². The fraction of sp³-hybridized carbons (Fsp3) is 0.190. The number of anilines is 2. The average molecular weight is 472 g/mol. The van der Waals surface area contributed by atoms with Crippen LogP contribution >= 0.6 is 27.3 Å². The number of nitrogens with one attached hydrogen (secondary N) is 2. The minimum absolute atomic E-state index is 0.0832. The van der Waals surface area contributed by atoms with Crippen molar-refractivity contribution in [3.05, 3.63) is 69.1 Å². The lowest BCUT2D eigenvalue weighted by Gasteiger charge is -2.11. The summed E-state index contributed by atoms with van der Waals surface area (Å²) in [6.45, 7) is 0. The number of carbonyl (C=O) groups excluding carboxylic acids is 2. The largest absolute Gasteiger partial charge is 0.497 e. The molecule has 1 aliphatic carbocycles. The molecule has 0 fully saturated rings. The lowest BCUT2D eigenvalue weighted by atomic mass is 10.1. The van der Waals surface area contributed by atoms with Crippen molar-refractivity contribution >= 4 is 49.9 Å². The van der Waals surface area contributed by atoms with Crippen LogP contribution in [0.2, 0.25) is 0 Å². The van der Waals surface area contributed by atoms with Crippen LogP contribution in [0.1, 0.15) is 33.3 Å². The Kier molecular flexibility index (Phi) is 5.64. The summed E-state index contributed by atoms with van der Waals surface area (Å²) in [6, 6.07) is 14.3. The fourth-order valence-electron chi connectivity index (χ4n) is 3.24. The van der Waals surface area contributed by atoms with Gasteiger partial charge in [0.05, 0.1) is 18.7 Å². The van der Waals surface area contributed by atoms with Crippen molar-refractivity contribution in [3.8, 4) is 5.75 Å².